The van der Waals surface area contributed by atoms with Crippen molar-refractivity contribution in [2.45, 2.75) is 62.2 Å². The van der Waals surface area contributed by atoms with Crippen molar-refractivity contribution in [3.8, 4) is 0 Å². The predicted octanol–water partition coefficient (Wildman–Crippen LogP) is 2.24. The fraction of sp³-hybridized carbons (Fsp3) is 0.355. The van der Waals surface area contributed by atoms with Crippen LogP contribution in [-0.4, -0.2) is 69.5 Å². The molecular formula is C31H39N3O7S2. The molecule has 0 spiro atoms. The number of rotatable bonds is 13. The Morgan fingerprint density at radius 1 is 0.814 bits per heavy atom. The predicted molar refractivity (Wildman–Crippen MR) is 166 cm³/mol. The van der Waals surface area contributed by atoms with Crippen molar-refractivity contribution in [2.75, 3.05) is 12.0 Å². The van der Waals surface area contributed by atoms with Gasteiger partial charge in [0.1, 0.15) is 6.04 Å². The monoisotopic (exact) mass is 629 g/mol. The van der Waals surface area contributed by atoms with Crippen LogP contribution in [0.3, 0.4) is 0 Å². The number of nitrogens with one attached hydrogen (secondary N) is 3. The molecule has 0 aliphatic heterocycles. The van der Waals surface area contributed by atoms with E-state index in [1.807, 2.05) is 39.0 Å². The molecule has 0 unspecified atom stereocenters. The van der Waals surface area contributed by atoms with Gasteiger partial charge in [0, 0.05) is 17.5 Å². The van der Waals surface area contributed by atoms with Crippen molar-refractivity contribution in [2.24, 2.45) is 0 Å². The number of hydrogen-bond donors (Lipinski definition) is 4. The quantitative estimate of drug-likeness (QED) is 0.226. The van der Waals surface area contributed by atoms with Crippen LogP contribution in [0, 0.1) is 0 Å². The zero-order valence-corrected chi connectivity index (χ0v) is 26.3. The Kier molecular flexibility index (Phi) is 11.2. The summed E-state index contributed by atoms with van der Waals surface area (Å²) in [5.41, 5.74) is 1.19. The molecule has 0 radical (unpaired) electrons. The minimum absolute atomic E-state index is 0.0159. The van der Waals surface area contributed by atoms with Crippen molar-refractivity contribution in [3.05, 3.63) is 102 Å². The standard InChI is InChI=1S/C31H39N3O7S2/c1-31(2,3)33-29(36)25-18-12-11-15-23(25)20-28(35)26(19-22-13-7-5-8-14-22)32-30(37)27(34-42(4,38)39)21-43(40,41)24-16-9-6-10-17-24/h5-18,26-28,34-35H,19-21H2,1-4H3,(H,32,37)(H,33,36)/t26-,27-,28+/m0/s1. The third-order valence-corrected chi connectivity index (χ3v) is 8.91. The molecule has 2 amide bonds. The molecule has 3 rings (SSSR count). The summed E-state index contributed by atoms with van der Waals surface area (Å²) >= 11 is 0. The van der Waals surface area contributed by atoms with Gasteiger partial charge in [-0.1, -0.05) is 66.7 Å². The lowest BCUT2D eigenvalue weighted by molar-refractivity contribution is -0.123. The van der Waals surface area contributed by atoms with E-state index in [9.17, 15) is 31.5 Å². The lowest BCUT2D eigenvalue weighted by Gasteiger charge is -2.28. The first-order chi connectivity index (χ1) is 20.0. The van der Waals surface area contributed by atoms with Gasteiger partial charge in [-0.2, -0.15) is 0 Å². The molecule has 3 aromatic carbocycles. The number of hydrogen-bond acceptors (Lipinski definition) is 7. The van der Waals surface area contributed by atoms with Crippen LogP contribution in [0.2, 0.25) is 0 Å². The molecule has 0 aromatic heterocycles. The molecule has 0 saturated heterocycles. The van der Waals surface area contributed by atoms with Gasteiger partial charge in [0.2, 0.25) is 15.9 Å². The molecule has 0 heterocycles. The van der Waals surface area contributed by atoms with E-state index in [1.165, 1.54) is 24.3 Å². The second-order valence-electron chi connectivity index (χ2n) is 11.5. The third-order valence-electron chi connectivity index (χ3n) is 6.43. The number of sulfonamides is 1. The summed E-state index contributed by atoms with van der Waals surface area (Å²) in [7, 11) is -8.06. The Balaban J connectivity index is 1.91. The Hall–Kier alpha value is -3.58. The lowest BCUT2D eigenvalue weighted by Crippen LogP contribution is -2.55. The van der Waals surface area contributed by atoms with Gasteiger partial charge in [-0.05, 0) is 56.5 Å². The first kappa shape index (κ1) is 33.9. The maximum absolute atomic E-state index is 13.5. The van der Waals surface area contributed by atoms with Crippen LogP contribution in [0.1, 0.15) is 42.3 Å². The molecular weight excluding hydrogens is 590 g/mol. The largest absolute Gasteiger partial charge is 0.391 e. The van der Waals surface area contributed by atoms with Gasteiger partial charge >= 0.3 is 0 Å². The number of aliphatic hydroxyl groups is 1. The fourth-order valence-electron chi connectivity index (χ4n) is 4.50. The first-order valence-corrected chi connectivity index (χ1v) is 17.3. The minimum atomic E-state index is -4.07. The van der Waals surface area contributed by atoms with E-state index < -0.39 is 55.2 Å². The summed E-state index contributed by atoms with van der Waals surface area (Å²) in [5.74, 6) is -2.06. The van der Waals surface area contributed by atoms with Crippen molar-refractivity contribution in [1.29, 1.82) is 0 Å². The molecule has 3 atom stereocenters. The molecule has 0 aliphatic rings. The van der Waals surface area contributed by atoms with E-state index in [0.29, 0.717) is 11.1 Å². The van der Waals surface area contributed by atoms with E-state index in [1.54, 1.807) is 42.5 Å². The van der Waals surface area contributed by atoms with Crippen LogP contribution < -0.4 is 15.4 Å². The SMILES string of the molecule is CC(C)(C)NC(=O)c1ccccc1C[C@@H](O)[C@H](Cc1ccccc1)NC(=O)[C@H](CS(=O)(=O)c1ccccc1)NS(C)(=O)=O. The van der Waals surface area contributed by atoms with E-state index in [4.69, 9.17) is 0 Å². The first-order valence-electron chi connectivity index (χ1n) is 13.7. The van der Waals surface area contributed by atoms with Crippen LogP contribution in [0.15, 0.2) is 89.8 Å². The normalized spacial score (nSPS) is 14.3. The summed E-state index contributed by atoms with van der Waals surface area (Å²) in [6, 6.07) is 20.6. The van der Waals surface area contributed by atoms with Gasteiger partial charge in [0.05, 0.1) is 29.0 Å². The number of benzene rings is 3. The highest BCUT2D eigenvalue weighted by Gasteiger charge is 2.32. The molecule has 4 N–H and O–H groups in total. The smallest absolute Gasteiger partial charge is 0.251 e. The number of sulfone groups is 1. The number of carbonyl (C=O) groups is 2. The zero-order chi connectivity index (χ0) is 31.8. The Morgan fingerprint density at radius 2 is 1.37 bits per heavy atom. The number of amides is 2. The summed E-state index contributed by atoms with van der Waals surface area (Å²) in [6.07, 6.45) is -0.255. The van der Waals surface area contributed by atoms with E-state index in [-0.39, 0.29) is 23.6 Å². The molecule has 10 nitrogen and oxygen atoms in total. The van der Waals surface area contributed by atoms with Gasteiger partial charge in [-0.3, -0.25) is 9.59 Å². The maximum Gasteiger partial charge on any atom is 0.251 e. The van der Waals surface area contributed by atoms with E-state index >= 15 is 0 Å². The van der Waals surface area contributed by atoms with E-state index in [0.717, 1.165) is 11.8 Å². The van der Waals surface area contributed by atoms with Crippen LogP contribution in [-0.2, 0) is 37.5 Å². The molecule has 0 bridgehead atoms. The molecule has 0 saturated carbocycles. The summed E-state index contributed by atoms with van der Waals surface area (Å²) in [5, 5.41) is 17.0. The number of aliphatic hydroxyl groups excluding tert-OH is 1. The average Bonchev–Trinajstić information content (AvgIpc) is 2.92. The molecule has 43 heavy (non-hydrogen) atoms. The van der Waals surface area contributed by atoms with Gasteiger partial charge in [-0.25, -0.2) is 21.6 Å². The maximum atomic E-state index is 13.5. The molecule has 3 aromatic rings. The topological polar surface area (TPSA) is 159 Å². The minimum Gasteiger partial charge on any atom is -0.391 e. The Bertz CT molecular complexity index is 1610. The number of carbonyl (C=O) groups excluding carboxylic acids is 2. The molecule has 12 heteroatoms. The fourth-order valence-corrected chi connectivity index (χ4v) is 6.75. The Morgan fingerprint density at radius 3 is 1.95 bits per heavy atom. The van der Waals surface area contributed by atoms with Gasteiger partial charge in [-0.15, -0.1) is 0 Å². The zero-order valence-electron chi connectivity index (χ0n) is 24.6. The van der Waals surface area contributed by atoms with Crippen LogP contribution in [0.4, 0.5) is 0 Å². The average molecular weight is 630 g/mol. The second-order valence-corrected chi connectivity index (χ2v) is 15.3. The highest BCUT2D eigenvalue weighted by molar-refractivity contribution is 7.91. The van der Waals surface area contributed by atoms with Crippen molar-refractivity contribution < 1.29 is 31.5 Å². The van der Waals surface area contributed by atoms with Crippen LogP contribution in [0.25, 0.3) is 0 Å². The summed E-state index contributed by atoms with van der Waals surface area (Å²) in [4.78, 5) is 26.5. The lowest BCUT2D eigenvalue weighted by atomic mass is 9.93. The van der Waals surface area contributed by atoms with Gasteiger partial charge in [0.15, 0.2) is 9.84 Å². The van der Waals surface area contributed by atoms with Gasteiger partial charge in [0.25, 0.3) is 5.91 Å². The van der Waals surface area contributed by atoms with Crippen molar-refractivity contribution in [1.82, 2.24) is 15.4 Å². The summed E-state index contributed by atoms with van der Waals surface area (Å²) < 4.78 is 52.6. The van der Waals surface area contributed by atoms with Crippen LogP contribution >= 0.6 is 0 Å². The highest BCUT2D eigenvalue weighted by Crippen LogP contribution is 2.17. The molecule has 232 valence electrons. The van der Waals surface area contributed by atoms with E-state index in [2.05, 4.69) is 15.4 Å². The molecule has 0 fully saturated rings. The van der Waals surface area contributed by atoms with Crippen molar-refractivity contribution >= 4 is 31.7 Å². The van der Waals surface area contributed by atoms with Crippen molar-refractivity contribution in [3.63, 3.8) is 0 Å². The third kappa shape index (κ3) is 10.9. The van der Waals surface area contributed by atoms with Crippen LogP contribution in [0.5, 0.6) is 0 Å². The van der Waals surface area contributed by atoms with Gasteiger partial charge < -0.3 is 15.7 Å². The highest BCUT2D eigenvalue weighted by atomic mass is 32.2. The summed E-state index contributed by atoms with van der Waals surface area (Å²) in [6.45, 7) is 5.56. The molecule has 0 aliphatic carbocycles. The second kappa shape index (κ2) is 14.3. The Labute approximate surface area is 253 Å².